The fourth-order valence-corrected chi connectivity index (χ4v) is 5.74. The molecule has 0 amide bonds. The van der Waals surface area contributed by atoms with E-state index in [2.05, 4.69) is 9.98 Å². The number of nitrogens with zero attached hydrogens (tertiary/aromatic N) is 4. The van der Waals surface area contributed by atoms with Crippen LogP contribution in [0.1, 0.15) is 62.0 Å². The van der Waals surface area contributed by atoms with Crippen LogP contribution < -0.4 is 11.5 Å². The van der Waals surface area contributed by atoms with Crippen LogP contribution in [0.15, 0.2) is 108 Å². The number of nitrogens with one attached hydrogen (secondary N) is 1. The van der Waals surface area contributed by atoms with Gasteiger partial charge in [0.05, 0.1) is 12.2 Å². The van der Waals surface area contributed by atoms with Crippen LogP contribution in [0.2, 0.25) is 0 Å². The number of aromatic nitrogens is 4. The number of H-pyrrole nitrogens is 1. The molecule has 0 fully saturated rings. The summed E-state index contributed by atoms with van der Waals surface area (Å²) in [5.74, 6) is -0.225. The smallest absolute Gasteiger partial charge is 0.219 e. The molecule has 2 unspecified atom stereocenters. The molecule has 3 heterocycles. The second-order valence-corrected chi connectivity index (χ2v) is 11.9. The molecule has 0 radical (unpaired) electrons. The first-order valence-corrected chi connectivity index (χ1v) is 17.0. The van der Waals surface area contributed by atoms with Gasteiger partial charge in [0.2, 0.25) is 12.2 Å². The van der Waals surface area contributed by atoms with Crippen molar-refractivity contribution >= 4 is 34.4 Å². The average Bonchev–Trinajstić information content (AvgIpc) is 3.74. The van der Waals surface area contributed by atoms with Gasteiger partial charge in [-0.1, -0.05) is 98.8 Å². The summed E-state index contributed by atoms with van der Waals surface area (Å²) in [6.07, 6.45) is 6.63. The van der Waals surface area contributed by atoms with E-state index in [4.69, 9.17) is 30.9 Å². The van der Waals surface area contributed by atoms with Crippen molar-refractivity contribution in [1.29, 1.82) is 0 Å². The molecule has 0 bridgehead atoms. The van der Waals surface area contributed by atoms with E-state index in [1.54, 1.807) is 4.40 Å². The van der Waals surface area contributed by atoms with Crippen LogP contribution in [0, 0.1) is 0 Å². The summed E-state index contributed by atoms with van der Waals surface area (Å²) in [6, 6.07) is 27.7. The molecule has 0 aliphatic rings. The maximum absolute atomic E-state index is 12.2. The first-order valence-electron chi connectivity index (χ1n) is 17.0. The molecule has 6 N–H and O–H groups in total. The lowest BCUT2D eigenvalue weighted by Crippen LogP contribution is -2.31. The van der Waals surface area contributed by atoms with Crippen LogP contribution >= 0.6 is 0 Å². The highest BCUT2D eigenvalue weighted by molar-refractivity contribution is 5.94. The Labute approximate surface area is 297 Å². The number of benzene rings is 3. The lowest BCUT2D eigenvalue weighted by atomic mass is 9.96. The van der Waals surface area contributed by atoms with Gasteiger partial charge < -0.3 is 31.0 Å². The predicted octanol–water partition coefficient (Wildman–Crippen LogP) is 6.78. The van der Waals surface area contributed by atoms with E-state index < -0.39 is 6.29 Å². The number of para-hydroxylation sites is 1. The molecule has 11 heteroatoms. The number of imidazole rings is 1. The number of ketones is 1. The summed E-state index contributed by atoms with van der Waals surface area (Å²) in [5, 5.41) is 12.3. The molecule has 0 spiro atoms. The predicted molar refractivity (Wildman–Crippen MR) is 203 cm³/mol. The largest absolute Gasteiger partial charge is 0.493 e. The quantitative estimate of drug-likeness (QED) is 0.0586. The minimum absolute atomic E-state index is 0.0210. The van der Waals surface area contributed by atoms with Gasteiger partial charge >= 0.3 is 0 Å². The summed E-state index contributed by atoms with van der Waals surface area (Å²) < 4.78 is 12.3. The van der Waals surface area contributed by atoms with Crippen molar-refractivity contribution in [2.24, 2.45) is 16.5 Å². The number of carbonyl (C=O) groups is 1. The van der Waals surface area contributed by atoms with Gasteiger partial charge in [-0.3, -0.25) is 9.20 Å². The zero-order valence-corrected chi connectivity index (χ0v) is 29.4. The molecule has 0 aliphatic heterocycles. The van der Waals surface area contributed by atoms with Crippen molar-refractivity contribution < 1.29 is 19.4 Å². The molecule has 51 heavy (non-hydrogen) atoms. The number of Topliss-reactive ketones (excluding diaryl/α,β-unsaturated/α-hetero) is 1. The molecular weight excluding hydrogens is 642 g/mol. The zero-order chi connectivity index (χ0) is 36.3. The monoisotopic (exact) mass is 687 g/mol. The lowest BCUT2D eigenvalue weighted by Gasteiger charge is -2.19. The number of aliphatic imine (C=N–C) groups is 1. The van der Waals surface area contributed by atoms with Gasteiger partial charge in [-0.05, 0) is 37.1 Å². The van der Waals surface area contributed by atoms with Crippen LogP contribution in [0.4, 0.5) is 0 Å². The zero-order valence-electron chi connectivity index (χ0n) is 29.4. The van der Waals surface area contributed by atoms with Crippen molar-refractivity contribution in [3.8, 4) is 17.1 Å². The Morgan fingerprint density at radius 2 is 1.55 bits per heavy atom. The summed E-state index contributed by atoms with van der Waals surface area (Å²) >= 11 is 0. The molecular formula is C40H45N7O4. The number of rotatable bonds is 13. The van der Waals surface area contributed by atoms with Gasteiger partial charge in [0, 0.05) is 53.9 Å². The van der Waals surface area contributed by atoms with E-state index >= 15 is 0 Å². The number of carbonyl (C=O) groups excluding carboxylic acids is 1. The fraction of sp³-hybridized carbons (Fsp3) is 0.250. The van der Waals surface area contributed by atoms with Crippen molar-refractivity contribution in [3.05, 3.63) is 126 Å². The van der Waals surface area contributed by atoms with Crippen molar-refractivity contribution in [1.82, 2.24) is 19.4 Å². The Bertz CT molecular complexity index is 2100. The first kappa shape index (κ1) is 36.5. The van der Waals surface area contributed by atoms with E-state index in [-0.39, 0.29) is 29.5 Å². The molecule has 0 saturated heterocycles. The number of nitrogens with two attached hydrogens (primary N) is 2. The highest BCUT2D eigenvalue weighted by Crippen LogP contribution is 2.35. The third-order valence-corrected chi connectivity index (χ3v) is 8.46. The topological polar surface area (TPSA) is 166 Å². The molecule has 0 saturated carbocycles. The lowest BCUT2D eigenvalue weighted by molar-refractivity contribution is -0.169. The van der Waals surface area contributed by atoms with Crippen LogP contribution in [-0.2, 0) is 14.3 Å². The van der Waals surface area contributed by atoms with Gasteiger partial charge in [-0.2, -0.15) is 0 Å². The summed E-state index contributed by atoms with van der Waals surface area (Å²) in [4.78, 5) is 29.1. The second kappa shape index (κ2) is 17.2. The standard InChI is InChI=1S/C26H25N7O.C14H20O3/c1-16(17-8-3-2-4-9-17)23-25(34)33-15-22(19-14-30-20-11-6-5-10-18(19)20)31-21(24(33)32-23)12-7-13-29-26(27)28;1-4-16-14(17-5-2)13(15)11(3)12-9-7-6-8-10-12/h2-12,14-16,30,34H,13H2,1H3,(H4,27,28,29);6-11,14H,4-5H2,1-3H3/b12-7+;. The van der Waals surface area contributed by atoms with E-state index in [0.29, 0.717) is 42.5 Å². The Morgan fingerprint density at radius 3 is 2.20 bits per heavy atom. The number of ether oxygens (including phenoxy) is 2. The van der Waals surface area contributed by atoms with Crippen LogP contribution in [-0.4, -0.2) is 62.3 Å². The molecule has 3 aromatic carbocycles. The minimum Gasteiger partial charge on any atom is -0.493 e. The van der Waals surface area contributed by atoms with E-state index in [1.807, 2.05) is 137 Å². The Balaban J connectivity index is 0.000000251. The van der Waals surface area contributed by atoms with Gasteiger partial charge in [0.15, 0.2) is 17.4 Å². The van der Waals surface area contributed by atoms with E-state index in [9.17, 15) is 9.90 Å². The summed E-state index contributed by atoms with van der Waals surface area (Å²) in [6.45, 7) is 8.87. The summed E-state index contributed by atoms with van der Waals surface area (Å²) in [5.41, 5.74) is 17.3. The maximum Gasteiger partial charge on any atom is 0.219 e. The third-order valence-electron chi connectivity index (χ3n) is 8.46. The molecule has 6 aromatic rings. The van der Waals surface area contributed by atoms with Crippen molar-refractivity contribution in [2.75, 3.05) is 19.8 Å². The van der Waals surface area contributed by atoms with E-state index in [0.717, 1.165) is 27.6 Å². The maximum atomic E-state index is 12.2. The number of hydrogen-bond acceptors (Lipinski definition) is 7. The molecule has 6 rings (SSSR count). The molecule has 11 nitrogen and oxygen atoms in total. The highest BCUT2D eigenvalue weighted by atomic mass is 16.7. The van der Waals surface area contributed by atoms with Crippen molar-refractivity contribution in [3.63, 3.8) is 0 Å². The van der Waals surface area contributed by atoms with Crippen LogP contribution in [0.3, 0.4) is 0 Å². The SMILES string of the molecule is CC(c1ccccc1)c1nc2c(/C=C/CN=C(N)N)nc(-c3c[nH]c4ccccc34)cn2c1O.CCOC(OCC)C(=O)C(C)c1ccccc1. The Kier molecular flexibility index (Phi) is 12.3. The van der Waals surface area contributed by atoms with E-state index in [1.165, 1.54) is 0 Å². The number of guanidine groups is 1. The number of fused-ring (bicyclic) bond motifs is 2. The number of aromatic amines is 1. The first-order chi connectivity index (χ1) is 24.7. The average molecular weight is 688 g/mol. The van der Waals surface area contributed by atoms with Gasteiger partial charge in [0.25, 0.3) is 0 Å². The highest BCUT2D eigenvalue weighted by Gasteiger charge is 2.26. The third kappa shape index (κ3) is 8.69. The van der Waals surface area contributed by atoms with Crippen LogP contribution in [0.5, 0.6) is 5.88 Å². The molecule has 3 aromatic heterocycles. The van der Waals surface area contributed by atoms with Crippen molar-refractivity contribution in [2.45, 2.75) is 45.8 Å². The molecule has 264 valence electrons. The number of aromatic hydroxyl groups is 1. The normalized spacial score (nSPS) is 12.6. The van der Waals surface area contributed by atoms with Gasteiger partial charge in [0.1, 0.15) is 11.4 Å². The summed E-state index contributed by atoms with van der Waals surface area (Å²) in [7, 11) is 0. The fourth-order valence-electron chi connectivity index (χ4n) is 5.74. The molecule has 2 atom stereocenters. The second-order valence-electron chi connectivity index (χ2n) is 11.9. The Hall–Kier alpha value is -5.78. The Morgan fingerprint density at radius 1 is 0.922 bits per heavy atom. The van der Waals surface area contributed by atoms with Crippen LogP contribution in [0.25, 0.3) is 33.9 Å². The minimum atomic E-state index is -0.750. The van der Waals surface area contributed by atoms with Gasteiger partial charge in [-0.15, -0.1) is 0 Å². The number of hydrogen-bond donors (Lipinski definition) is 4. The molecule has 0 aliphatic carbocycles. The van der Waals surface area contributed by atoms with Gasteiger partial charge in [-0.25, -0.2) is 15.0 Å².